The third-order valence-electron chi connectivity index (χ3n) is 2.41. The number of carbonyl (C=O) groups excluding carboxylic acids is 2. The molecule has 0 spiro atoms. The predicted octanol–water partition coefficient (Wildman–Crippen LogP) is -0.608. The van der Waals surface area contributed by atoms with E-state index in [0.717, 1.165) is 6.20 Å². The molecule has 1 saturated heterocycles. The maximum absolute atomic E-state index is 11.5. The van der Waals surface area contributed by atoms with Gasteiger partial charge in [0.15, 0.2) is 5.69 Å². The number of carboxylic acids is 1. The molecule has 0 bridgehead atoms. The number of carboxylic acid groups (broad SMARTS) is 1. The van der Waals surface area contributed by atoms with Gasteiger partial charge >= 0.3 is 5.97 Å². The highest BCUT2D eigenvalue weighted by Crippen LogP contribution is 2.11. The minimum Gasteiger partial charge on any atom is -0.476 e. The molecule has 0 aliphatic carbocycles. The summed E-state index contributed by atoms with van der Waals surface area (Å²) in [5, 5.41) is 13.7. The van der Waals surface area contributed by atoms with Crippen LogP contribution in [0.15, 0.2) is 12.4 Å². The van der Waals surface area contributed by atoms with Crippen LogP contribution in [0.5, 0.6) is 0 Å². The summed E-state index contributed by atoms with van der Waals surface area (Å²) in [5.74, 6) is -1.78. The van der Waals surface area contributed by atoms with Gasteiger partial charge in [-0.1, -0.05) is 0 Å². The van der Waals surface area contributed by atoms with Crippen LogP contribution in [0.4, 0.5) is 5.82 Å². The third-order valence-corrected chi connectivity index (χ3v) is 2.41. The summed E-state index contributed by atoms with van der Waals surface area (Å²) in [4.78, 5) is 40.6. The van der Waals surface area contributed by atoms with Gasteiger partial charge in [0, 0.05) is 6.42 Å². The van der Waals surface area contributed by atoms with Crippen molar-refractivity contribution in [2.24, 2.45) is 0 Å². The average molecular weight is 250 g/mol. The standard InChI is InChI=1S/C10H10N4O4/c15-8-2-1-5(9(16)14-8)12-7-4-11-3-6(13-7)10(17)18/h3-5H,1-2H2,(H,12,13)(H,17,18)(H,14,15,16). The Morgan fingerprint density at radius 3 is 2.89 bits per heavy atom. The monoisotopic (exact) mass is 250 g/mol. The van der Waals surface area contributed by atoms with Crippen molar-refractivity contribution in [2.75, 3.05) is 5.32 Å². The number of imide groups is 1. The van der Waals surface area contributed by atoms with Crippen molar-refractivity contribution in [3.05, 3.63) is 18.1 Å². The molecule has 8 nitrogen and oxygen atoms in total. The Labute approximate surface area is 101 Å². The number of anilines is 1. The largest absolute Gasteiger partial charge is 0.476 e. The lowest BCUT2D eigenvalue weighted by molar-refractivity contribution is -0.133. The zero-order chi connectivity index (χ0) is 13.1. The number of hydrogen-bond donors (Lipinski definition) is 3. The van der Waals surface area contributed by atoms with E-state index in [1.54, 1.807) is 0 Å². The molecule has 1 atom stereocenters. The first-order chi connectivity index (χ1) is 8.56. The summed E-state index contributed by atoms with van der Waals surface area (Å²) in [5.41, 5.74) is -0.215. The fourth-order valence-corrected chi connectivity index (χ4v) is 1.55. The van der Waals surface area contributed by atoms with Crippen molar-refractivity contribution in [3.63, 3.8) is 0 Å². The van der Waals surface area contributed by atoms with Crippen LogP contribution in [0.1, 0.15) is 23.3 Å². The van der Waals surface area contributed by atoms with Gasteiger partial charge in [0.05, 0.1) is 12.4 Å². The number of nitrogens with one attached hydrogen (secondary N) is 2. The molecule has 8 heteroatoms. The van der Waals surface area contributed by atoms with Gasteiger partial charge in [-0.3, -0.25) is 19.9 Å². The summed E-state index contributed by atoms with van der Waals surface area (Å²) in [6.07, 6.45) is 2.99. The fourth-order valence-electron chi connectivity index (χ4n) is 1.55. The molecule has 2 rings (SSSR count). The Bertz CT molecular complexity index is 516. The van der Waals surface area contributed by atoms with Crippen molar-refractivity contribution in [3.8, 4) is 0 Å². The topological polar surface area (TPSA) is 121 Å². The molecule has 1 aliphatic heterocycles. The molecule has 0 aromatic carbocycles. The van der Waals surface area contributed by atoms with Gasteiger partial charge in [-0.05, 0) is 6.42 Å². The molecule has 1 aliphatic rings. The van der Waals surface area contributed by atoms with E-state index in [4.69, 9.17) is 5.11 Å². The molecule has 1 fully saturated rings. The second kappa shape index (κ2) is 4.78. The highest BCUT2D eigenvalue weighted by atomic mass is 16.4. The smallest absolute Gasteiger partial charge is 0.356 e. The van der Waals surface area contributed by atoms with Gasteiger partial charge in [0.1, 0.15) is 11.9 Å². The normalized spacial score (nSPS) is 19.2. The number of rotatable bonds is 3. The molecule has 1 aromatic rings. The first kappa shape index (κ1) is 12.0. The predicted molar refractivity (Wildman–Crippen MR) is 58.8 cm³/mol. The van der Waals surface area contributed by atoms with Gasteiger partial charge in [-0.25, -0.2) is 9.78 Å². The number of piperidine rings is 1. The zero-order valence-electron chi connectivity index (χ0n) is 9.21. The van der Waals surface area contributed by atoms with Gasteiger partial charge in [-0.15, -0.1) is 0 Å². The van der Waals surface area contributed by atoms with Crippen LogP contribution in [0.2, 0.25) is 0 Å². The van der Waals surface area contributed by atoms with E-state index in [1.165, 1.54) is 6.20 Å². The van der Waals surface area contributed by atoms with Crippen molar-refractivity contribution >= 4 is 23.6 Å². The van der Waals surface area contributed by atoms with Crippen LogP contribution in [0, 0.1) is 0 Å². The van der Waals surface area contributed by atoms with Gasteiger partial charge in [-0.2, -0.15) is 0 Å². The molecule has 18 heavy (non-hydrogen) atoms. The number of hydrogen-bond acceptors (Lipinski definition) is 6. The van der Waals surface area contributed by atoms with Crippen LogP contribution < -0.4 is 10.6 Å². The Balaban J connectivity index is 2.09. The Kier molecular flexibility index (Phi) is 3.18. The maximum atomic E-state index is 11.5. The van der Waals surface area contributed by atoms with E-state index in [0.29, 0.717) is 6.42 Å². The quantitative estimate of drug-likeness (QED) is 0.612. The van der Waals surface area contributed by atoms with E-state index in [-0.39, 0.29) is 23.8 Å². The molecule has 3 N–H and O–H groups in total. The average Bonchev–Trinajstić information content (AvgIpc) is 2.33. The second-order valence-corrected chi connectivity index (χ2v) is 3.74. The minimum absolute atomic E-state index is 0.185. The molecule has 1 aromatic heterocycles. The highest BCUT2D eigenvalue weighted by Gasteiger charge is 2.26. The van der Waals surface area contributed by atoms with Crippen LogP contribution in [0.25, 0.3) is 0 Å². The first-order valence-electron chi connectivity index (χ1n) is 5.22. The molecule has 1 unspecified atom stereocenters. The Hall–Kier alpha value is -2.51. The van der Waals surface area contributed by atoms with E-state index < -0.39 is 17.9 Å². The van der Waals surface area contributed by atoms with E-state index >= 15 is 0 Å². The maximum Gasteiger partial charge on any atom is 0.356 e. The summed E-state index contributed by atoms with van der Waals surface area (Å²) >= 11 is 0. The van der Waals surface area contributed by atoms with Gasteiger partial charge in [0.2, 0.25) is 11.8 Å². The first-order valence-corrected chi connectivity index (χ1v) is 5.22. The second-order valence-electron chi connectivity index (χ2n) is 3.74. The van der Waals surface area contributed by atoms with Gasteiger partial charge in [0.25, 0.3) is 0 Å². The summed E-state index contributed by atoms with van der Waals surface area (Å²) in [7, 11) is 0. The van der Waals surface area contributed by atoms with Crippen molar-refractivity contribution < 1.29 is 19.5 Å². The van der Waals surface area contributed by atoms with Gasteiger partial charge < -0.3 is 10.4 Å². The van der Waals surface area contributed by atoms with E-state index in [1.807, 2.05) is 0 Å². The summed E-state index contributed by atoms with van der Waals surface area (Å²) in [6, 6.07) is -0.610. The number of amides is 2. The minimum atomic E-state index is -1.20. The van der Waals surface area contributed by atoms with Crippen LogP contribution in [0.3, 0.4) is 0 Å². The molecule has 0 radical (unpaired) electrons. The molecular weight excluding hydrogens is 240 g/mol. The van der Waals surface area contributed by atoms with E-state index in [2.05, 4.69) is 20.6 Å². The summed E-state index contributed by atoms with van der Waals surface area (Å²) < 4.78 is 0. The van der Waals surface area contributed by atoms with E-state index in [9.17, 15) is 14.4 Å². The lowest BCUT2D eigenvalue weighted by Gasteiger charge is -2.22. The molecule has 94 valence electrons. The zero-order valence-corrected chi connectivity index (χ0v) is 9.21. The number of nitrogens with zero attached hydrogens (tertiary/aromatic N) is 2. The number of aromatic nitrogens is 2. The number of aromatic carboxylic acids is 1. The number of carbonyl (C=O) groups is 3. The van der Waals surface area contributed by atoms with Crippen LogP contribution in [-0.4, -0.2) is 38.9 Å². The lowest BCUT2D eigenvalue weighted by Crippen LogP contribution is -2.47. The molecule has 2 heterocycles. The van der Waals surface area contributed by atoms with Crippen molar-refractivity contribution in [2.45, 2.75) is 18.9 Å². The Morgan fingerprint density at radius 2 is 2.22 bits per heavy atom. The highest BCUT2D eigenvalue weighted by molar-refractivity contribution is 6.01. The van der Waals surface area contributed by atoms with Crippen molar-refractivity contribution in [1.29, 1.82) is 0 Å². The third kappa shape index (κ3) is 2.59. The molecule has 0 saturated carbocycles. The Morgan fingerprint density at radius 1 is 1.44 bits per heavy atom. The van der Waals surface area contributed by atoms with Crippen LogP contribution in [-0.2, 0) is 9.59 Å². The lowest BCUT2D eigenvalue weighted by atomic mass is 10.1. The molecule has 2 amide bonds. The van der Waals surface area contributed by atoms with Crippen LogP contribution >= 0.6 is 0 Å². The molecular formula is C10H10N4O4. The SMILES string of the molecule is O=C1CCC(Nc2cncc(C(=O)O)n2)C(=O)N1. The fraction of sp³-hybridized carbons (Fsp3) is 0.300. The summed E-state index contributed by atoms with van der Waals surface area (Å²) in [6.45, 7) is 0. The van der Waals surface area contributed by atoms with Crippen molar-refractivity contribution in [1.82, 2.24) is 15.3 Å².